The zero-order valence-electron chi connectivity index (χ0n) is 6.99. The molecule has 0 heterocycles. The van der Waals surface area contributed by atoms with Gasteiger partial charge in [0.1, 0.15) is 0 Å². The third kappa shape index (κ3) is 4.60. The lowest BCUT2D eigenvalue weighted by atomic mass is 9.94. The van der Waals surface area contributed by atoms with E-state index in [2.05, 4.69) is 4.72 Å². The van der Waals surface area contributed by atoms with Crippen molar-refractivity contribution in [1.82, 2.24) is 4.72 Å². The van der Waals surface area contributed by atoms with E-state index in [1.54, 1.807) is 13.8 Å². The van der Waals surface area contributed by atoms with Crippen LogP contribution in [0.5, 0.6) is 0 Å². The first-order valence-corrected chi connectivity index (χ1v) is 5.18. The molecule has 0 atom stereocenters. The van der Waals surface area contributed by atoms with Crippen molar-refractivity contribution in [2.24, 2.45) is 16.3 Å². The first kappa shape index (κ1) is 11.8. The highest BCUT2D eigenvalue weighted by molar-refractivity contribution is 7.87. The Hall–Kier alpha value is -0.240. The summed E-state index contributed by atoms with van der Waals surface area (Å²) in [4.78, 5) is 0.249. The molecule has 0 unspecified atom stereocenters. The molecule has 0 spiro atoms. The maximum atomic E-state index is 10.5. The molecule has 0 aliphatic heterocycles. The molecule has 0 aliphatic carbocycles. The summed E-state index contributed by atoms with van der Waals surface area (Å²) in [6.45, 7) is 3.57. The molecule has 0 rings (SSSR count). The molecule has 0 bridgehead atoms. The van der Waals surface area contributed by atoms with Gasteiger partial charge in [-0.1, -0.05) is 26.1 Å². The normalized spacial score (nSPS) is 12.9. The van der Waals surface area contributed by atoms with Gasteiger partial charge in [-0.15, -0.1) is 0 Å². The Labute approximate surface area is 77.7 Å². The number of nitrogens with one attached hydrogen (secondary N) is 1. The molecule has 0 aromatic heterocycles. The van der Waals surface area contributed by atoms with E-state index in [-0.39, 0.29) is 11.5 Å². The SMILES string of the molecule is CC(C)(CNS(N)(=O)=O)C(N)=S. The second-order valence-electron chi connectivity index (χ2n) is 3.11. The Morgan fingerprint density at radius 3 is 2.25 bits per heavy atom. The fourth-order valence-electron chi connectivity index (χ4n) is 0.368. The second-order valence-corrected chi connectivity index (χ2v) is 4.93. The summed E-state index contributed by atoms with van der Waals surface area (Å²) in [5.41, 5.74) is 4.80. The van der Waals surface area contributed by atoms with Gasteiger partial charge in [0.25, 0.3) is 10.2 Å². The number of nitrogens with two attached hydrogens (primary N) is 2. The van der Waals surface area contributed by atoms with Gasteiger partial charge in [-0.2, -0.15) is 8.42 Å². The zero-order chi connectivity index (χ0) is 9.99. The Morgan fingerprint density at radius 2 is 2.00 bits per heavy atom. The number of hydrogen-bond donors (Lipinski definition) is 3. The van der Waals surface area contributed by atoms with Gasteiger partial charge in [0.2, 0.25) is 0 Å². The molecule has 0 fully saturated rings. The molecule has 0 radical (unpaired) electrons. The monoisotopic (exact) mass is 211 g/mol. The van der Waals surface area contributed by atoms with E-state index in [9.17, 15) is 8.42 Å². The molecule has 72 valence electrons. The Balaban J connectivity index is 4.20. The van der Waals surface area contributed by atoms with Crippen molar-refractivity contribution >= 4 is 27.4 Å². The van der Waals surface area contributed by atoms with Crippen molar-refractivity contribution in [3.63, 3.8) is 0 Å². The number of hydrogen-bond acceptors (Lipinski definition) is 3. The summed E-state index contributed by atoms with van der Waals surface area (Å²) >= 11 is 4.72. The molecule has 0 amide bonds. The molecule has 7 heteroatoms. The molecule has 0 saturated heterocycles. The first-order valence-electron chi connectivity index (χ1n) is 3.22. The van der Waals surface area contributed by atoms with E-state index < -0.39 is 15.6 Å². The molecule has 5 N–H and O–H groups in total. The van der Waals surface area contributed by atoms with E-state index in [0.29, 0.717) is 0 Å². The maximum Gasteiger partial charge on any atom is 0.274 e. The summed E-state index contributed by atoms with van der Waals surface area (Å²) < 4.78 is 23.1. The first-order chi connectivity index (χ1) is 5.15. The fourth-order valence-corrected chi connectivity index (χ4v) is 1.00. The predicted molar refractivity (Wildman–Crippen MR) is 51.7 cm³/mol. The minimum absolute atomic E-state index is 0.112. The number of rotatable bonds is 4. The van der Waals surface area contributed by atoms with Crippen molar-refractivity contribution in [2.75, 3.05) is 6.54 Å². The van der Waals surface area contributed by atoms with E-state index >= 15 is 0 Å². The highest BCUT2D eigenvalue weighted by Gasteiger charge is 2.22. The molecular formula is C5H13N3O2S2. The average Bonchev–Trinajstić information content (AvgIpc) is 1.82. The van der Waals surface area contributed by atoms with E-state index in [1.165, 1.54) is 0 Å². The average molecular weight is 211 g/mol. The van der Waals surface area contributed by atoms with Gasteiger partial charge in [-0.3, -0.25) is 0 Å². The van der Waals surface area contributed by atoms with Crippen LogP contribution in [0.15, 0.2) is 0 Å². The van der Waals surface area contributed by atoms with Crippen LogP contribution >= 0.6 is 12.2 Å². The molecule has 0 aromatic carbocycles. The van der Waals surface area contributed by atoms with Crippen LogP contribution in [-0.2, 0) is 10.2 Å². The van der Waals surface area contributed by atoms with Crippen LogP contribution in [0.2, 0.25) is 0 Å². The fraction of sp³-hybridized carbons (Fsp3) is 0.800. The van der Waals surface area contributed by atoms with Crippen LogP contribution in [0.1, 0.15) is 13.8 Å². The van der Waals surface area contributed by atoms with Gasteiger partial charge in [0.15, 0.2) is 0 Å². The summed E-state index contributed by atoms with van der Waals surface area (Å²) in [5.74, 6) is 0. The van der Waals surface area contributed by atoms with E-state index in [4.69, 9.17) is 23.1 Å². The molecule has 5 nitrogen and oxygen atoms in total. The van der Waals surface area contributed by atoms with Gasteiger partial charge >= 0.3 is 0 Å². The third-order valence-corrected chi connectivity index (χ3v) is 2.48. The summed E-state index contributed by atoms with van der Waals surface area (Å²) in [6.07, 6.45) is 0. The minimum Gasteiger partial charge on any atom is -0.393 e. The van der Waals surface area contributed by atoms with Crippen molar-refractivity contribution < 1.29 is 8.42 Å². The molecule has 0 aliphatic rings. The van der Waals surface area contributed by atoms with Crippen LogP contribution < -0.4 is 15.6 Å². The second kappa shape index (κ2) is 3.65. The third-order valence-electron chi connectivity index (χ3n) is 1.38. The van der Waals surface area contributed by atoms with Crippen LogP contribution in [0.4, 0.5) is 0 Å². The van der Waals surface area contributed by atoms with Crippen LogP contribution in [-0.4, -0.2) is 20.0 Å². The number of thiocarbonyl (C=S) groups is 1. The van der Waals surface area contributed by atoms with Crippen molar-refractivity contribution in [2.45, 2.75) is 13.8 Å². The Morgan fingerprint density at radius 1 is 1.58 bits per heavy atom. The zero-order valence-corrected chi connectivity index (χ0v) is 8.63. The molecule has 0 saturated carbocycles. The topological polar surface area (TPSA) is 98.2 Å². The predicted octanol–water partition coefficient (Wildman–Crippen LogP) is -0.908. The van der Waals surface area contributed by atoms with E-state index in [1.807, 2.05) is 0 Å². The quantitative estimate of drug-likeness (QED) is 0.524. The Bertz CT molecular complexity index is 270. The van der Waals surface area contributed by atoms with Crippen LogP contribution in [0.25, 0.3) is 0 Å². The van der Waals surface area contributed by atoms with Crippen molar-refractivity contribution in [3.05, 3.63) is 0 Å². The van der Waals surface area contributed by atoms with Gasteiger partial charge in [0.05, 0.1) is 4.99 Å². The van der Waals surface area contributed by atoms with Gasteiger partial charge in [-0.05, 0) is 0 Å². The largest absolute Gasteiger partial charge is 0.393 e. The Kier molecular flexibility index (Phi) is 3.58. The summed E-state index contributed by atoms with van der Waals surface area (Å²) in [5, 5.41) is 4.72. The standard InChI is InChI=1S/C5H13N3O2S2/c1-5(2,4(6)11)3-8-12(7,9)10/h8H,3H2,1-2H3,(H2,6,11)(H2,7,9,10). The van der Waals surface area contributed by atoms with Gasteiger partial charge in [-0.25, -0.2) is 9.86 Å². The maximum absolute atomic E-state index is 10.5. The minimum atomic E-state index is -3.66. The highest BCUT2D eigenvalue weighted by atomic mass is 32.2. The highest BCUT2D eigenvalue weighted by Crippen LogP contribution is 2.13. The smallest absolute Gasteiger partial charge is 0.274 e. The van der Waals surface area contributed by atoms with Crippen LogP contribution in [0, 0.1) is 5.41 Å². The lowest BCUT2D eigenvalue weighted by Gasteiger charge is -2.22. The lowest BCUT2D eigenvalue weighted by molar-refractivity contribution is 0.502. The molecular weight excluding hydrogens is 198 g/mol. The summed E-state index contributed by atoms with van der Waals surface area (Å²) in [7, 11) is -3.66. The molecule has 12 heavy (non-hydrogen) atoms. The van der Waals surface area contributed by atoms with Gasteiger partial charge < -0.3 is 5.73 Å². The van der Waals surface area contributed by atoms with Crippen molar-refractivity contribution in [1.29, 1.82) is 0 Å². The van der Waals surface area contributed by atoms with Crippen LogP contribution in [0.3, 0.4) is 0 Å². The lowest BCUT2D eigenvalue weighted by Crippen LogP contribution is -2.43. The van der Waals surface area contributed by atoms with E-state index in [0.717, 1.165) is 0 Å². The van der Waals surface area contributed by atoms with Gasteiger partial charge in [0, 0.05) is 12.0 Å². The molecule has 0 aromatic rings. The van der Waals surface area contributed by atoms with Crippen molar-refractivity contribution in [3.8, 4) is 0 Å². The summed E-state index contributed by atoms with van der Waals surface area (Å²) in [6, 6.07) is 0.